The molecule has 0 aromatic carbocycles. The third-order valence-electron chi connectivity index (χ3n) is 2.73. The zero-order valence-electron chi connectivity index (χ0n) is 10.8. The Bertz CT molecular complexity index is 227. The van der Waals surface area contributed by atoms with Crippen molar-refractivity contribution in [1.82, 2.24) is 10.2 Å². The Labute approximate surface area is 109 Å². The monoisotopic (exact) mass is 266 g/mol. The lowest BCUT2D eigenvalue weighted by Gasteiger charge is -2.34. The topological polar surface area (TPSA) is 50.8 Å². The van der Waals surface area contributed by atoms with Crippen molar-refractivity contribution in [3.8, 4) is 0 Å². The van der Waals surface area contributed by atoms with Crippen LogP contribution < -0.4 is 5.32 Å². The van der Waals surface area contributed by atoms with Gasteiger partial charge in [0, 0.05) is 32.7 Å². The molecule has 1 rings (SSSR count). The van der Waals surface area contributed by atoms with Crippen molar-refractivity contribution < 1.29 is 14.3 Å². The molecule has 1 aliphatic rings. The maximum absolute atomic E-state index is 12.0. The summed E-state index contributed by atoms with van der Waals surface area (Å²) in [5, 5.41) is 3.02. The van der Waals surface area contributed by atoms with Crippen LogP contribution in [-0.2, 0) is 14.3 Å². The number of carbonyl (C=O) groups is 1. The molecule has 17 heavy (non-hydrogen) atoms. The molecule has 1 aliphatic heterocycles. The van der Waals surface area contributed by atoms with E-state index in [0.29, 0.717) is 32.8 Å². The lowest BCUT2D eigenvalue weighted by atomic mass is 10.1. The summed E-state index contributed by atoms with van der Waals surface area (Å²) in [5.41, 5.74) is 0. The van der Waals surface area contributed by atoms with E-state index in [1.165, 1.54) is 0 Å². The summed E-state index contributed by atoms with van der Waals surface area (Å²) in [7, 11) is 3.50. The first-order chi connectivity index (χ1) is 7.69. The largest absolute Gasteiger partial charge is 0.382 e. The average Bonchev–Trinajstić information content (AvgIpc) is 2.29. The van der Waals surface area contributed by atoms with E-state index in [-0.39, 0.29) is 30.3 Å². The van der Waals surface area contributed by atoms with Crippen molar-refractivity contribution in [1.29, 1.82) is 0 Å². The molecule has 1 N–H and O–H groups in total. The number of carbonyl (C=O) groups excluding carboxylic acids is 1. The van der Waals surface area contributed by atoms with Gasteiger partial charge in [0.1, 0.15) is 0 Å². The van der Waals surface area contributed by atoms with Crippen molar-refractivity contribution in [2.75, 3.05) is 47.0 Å². The Hall–Kier alpha value is -0.360. The van der Waals surface area contributed by atoms with Crippen molar-refractivity contribution >= 4 is 18.3 Å². The van der Waals surface area contributed by atoms with E-state index in [9.17, 15) is 4.79 Å². The molecule has 0 saturated carbocycles. The Kier molecular flexibility index (Phi) is 8.51. The fourth-order valence-electron chi connectivity index (χ4n) is 1.91. The summed E-state index contributed by atoms with van der Waals surface area (Å²) in [5.74, 6) is 0.213. The lowest BCUT2D eigenvalue weighted by molar-refractivity contribution is -0.144. The van der Waals surface area contributed by atoms with Crippen molar-refractivity contribution in [2.24, 2.45) is 5.92 Å². The molecule has 1 amide bonds. The van der Waals surface area contributed by atoms with Gasteiger partial charge in [-0.1, -0.05) is 6.92 Å². The van der Waals surface area contributed by atoms with Crippen LogP contribution in [0, 0.1) is 5.92 Å². The van der Waals surface area contributed by atoms with Gasteiger partial charge in [0.25, 0.3) is 0 Å². The van der Waals surface area contributed by atoms with E-state index in [4.69, 9.17) is 9.47 Å². The third-order valence-corrected chi connectivity index (χ3v) is 2.73. The number of amides is 1. The summed E-state index contributed by atoms with van der Waals surface area (Å²) in [6.07, 6.45) is 0.0180. The number of methoxy groups -OCH3 is 1. The molecule has 0 radical (unpaired) electrons. The Morgan fingerprint density at radius 2 is 2.35 bits per heavy atom. The Morgan fingerprint density at radius 1 is 1.65 bits per heavy atom. The van der Waals surface area contributed by atoms with Crippen LogP contribution in [0.4, 0.5) is 0 Å². The number of nitrogens with one attached hydrogen (secondary N) is 1. The van der Waals surface area contributed by atoms with Crippen LogP contribution in [0.25, 0.3) is 0 Å². The van der Waals surface area contributed by atoms with Gasteiger partial charge < -0.3 is 19.7 Å². The van der Waals surface area contributed by atoms with Gasteiger partial charge in [-0.15, -0.1) is 12.4 Å². The van der Waals surface area contributed by atoms with Gasteiger partial charge in [-0.3, -0.25) is 4.79 Å². The third kappa shape index (κ3) is 5.21. The molecule has 6 heteroatoms. The first-order valence-electron chi connectivity index (χ1n) is 5.73. The SMILES string of the molecule is CNCC(C)C(=O)N1CCOC(COC)C1.Cl. The molecule has 0 aromatic rings. The van der Waals surface area contributed by atoms with Gasteiger partial charge >= 0.3 is 0 Å². The highest BCUT2D eigenvalue weighted by Crippen LogP contribution is 2.09. The van der Waals surface area contributed by atoms with Crippen LogP contribution in [0.1, 0.15) is 6.92 Å². The number of rotatable bonds is 5. The quantitative estimate of drug-likeness (QED) is 0.769. The van der Waals surface area contributed by atoms with Crippen LogP contribution in [0.5, 0.6) is 0 Å². The second kappa shape index (κ2) is 8.69. The van der Waals surface area contributed by atoms with Crippen LogP contribution in [0.2, 0.25) is 0 Å². The zero-order chi connectivity index (χ0) is 12.0. The molecule has 2 atom stereocenters. The predicted molar refractivity (Wildman–Crippen MR) is 68.5 cm³/mol. The van der Waals surface area contributed by atoms with Gasteiger partial charge in [-0.25, -0.2) is 0 Å². The fourth-order valence-corrected chi connectivity index (χ4v) is 1.91. The highest BCUT2D eigenvalue weighted by molar-refractivity contribution is 5.85. The second-order valence-corrected chi connectivity index (χ2v) is 4.19. The van der Waals surface area contributed by atoms with Crippen LogP contribution in [-0.4, -0.2) is 63.9 Å². The van der Waals surface area contributed by atoms with E-state index >= 15 is 0 Å². The molecule has 0 aliphatic carbocycles. The number of morpholine rings is 1. The van der Waals surface area contributed by atoms with E-state index in [1.54, 1.807) is 7.11 Å². The van der Waals surface area contributed by atoms with Gasteiger partial charge in [0.15, 0.2) is 0 Å². The minimum absolute atomic E-state index is 0. The van der Waals surface area contributed by atoms with Crippen LogP contribution >= 0.6 is 12.4 Å². The molecular weight excluding hydrogens is 244 g/mol. The molecule has 1 heterocycles. The summed E-state index contributed by atoms with van der Waals surface area (Å²) in [6, 6.07) is 0. The van der Waals surface area contributed by atoms with Crippen LogP contribution in [0.3, 0.4) is 0 Å². The molecular formula is C11H23ClN2O3. The highest BCUT2D eigenvalue weighted by atomic mass is 35.5. The molecule has 102 valence electrons. The van der Waals surface area contributed by atoms with E-state index in [0.717, 1.165) is 0 Å². The molecule has 1 fully saturated rings. The molecule has 0 aromatic heterocycles. The van der Waals surface area contributed by atoms with Gasteiger partial charge in [0.05, 0.1) is 19.3 Å². The van der Waals surface area contributed by atoms with Gasteiger partial charge in [-0.2, -0.15) is 0 Å². The molecule has 2 unspecified atom stereocenters. The molecule has 5 nitrogen and oxygen atoms in total. The molecule has 0 bridgehead atoms. The summed E-state index contributed by atoms with van der Waals surface area (Å²) >= 11 is 0. The highest BCUT2D eigenvalue weighted by Gasteiger charge is 2.26. The van der Waals surface area contributed by atoms with Gasteiger partial charge in [-0.05, 0) is 7.05 Å². The minimum atomic E-state index is 0. The summed E-state index contributed by atoms with van der Waals surface area (Å²) in [6.45, 7) is 5.13. The molecule has 1 saturated heterocycles. The Balaban J connectivity index is 0.00000256. The normalized spacial score (nSPS) is 21.8. The number of hydrogen-bond acceptors (Lipinski definition) is 4. The standard InChI is InChI=1S/C11H22N2O3.ClH/c1-9(6-12-2)11(14)13-4-5-16-10(7-13)8-15-3;/h9-10,12H,4-8H2,1-3H3;1H. The van der Waals surface area contributed by atoms with Crippen molar-refractivity contribution in [3.05, 3.63) is 0 Å². The van der Waals surface area contributed by atoms with Crippen molar-refractivity contribution in [3.63, 3.8) is 0 Å². The lowest BCUT2D eigenvalue weighted by Crippen LogP contribution is -2.49. The second-order valence-electron chi connectivity index (χ2n) is 4.19. The smallest absolute Gasteiger partial charge is 0.226 e. The first-order valence-corrected chi connectivity index (χ1v) is 5.73. The maximum Gasteiger partial charge on any atom is 0.226 e. The predicted octanol–water partition coefficient (Wildman–Crippen LogP) is 0.138. The minimum Gasteiger partial charge on any atom is -0.382 e. The number of nitrogens with zero attached hydrogens (tertiary/aromatic N) is 1. The molecule has 0 spiro atoms. The fraction of sp³-hybridized carbons (Fsp3) is 0.909. The number of hydrogen-bond donors (Lipinski definition) is 1. The van der Waals surface area contributed by atoms with Crippen LogP contribution in [0.15, 0.2) is 0 Å². The Morgan fingerprint density at radius 3 is 2.94 bits per heavy atom. The number of halogens is 1. The van der Waals surface area contributed by atoms with E-state index in [1.807, 2.05) is 18.9 Å². The van der Waals surface area contributed by atoms with E-state index in [2.05, 4.69) is 5.32 Å². The number of ether oxygens (including phenoxy) is 2. The van der Waals surface area contributed by atoms with Crippen molar-refractivity contribution in [2.45, 2.75) is 13.0 Å². The summed E-state index contributed by atoms with van der Waals surface area (Å²) < 4.78 is 10.5. The summed E-state index contributed by atoms with van der Waals surface area (Å²) in [4.78, 5) is 13.9. The van der Waals surface area contributed by atoms with Gasteiger partial charge in [0.2, 0.25) is 5.91 Å². The zero-order valence-corrected chi connectivity index (χ0v) is 11.6. The van der Waals surface area contributed by atoms with E-state index < -0.39 is 0 Å². The first kappa shape index (κ1) is 16.6. The maximum atomic E-state index is 12.0. The average molecular weight is 267 g/mol.